The first-order chi connectivity index (χ1) is 9.49. The summed E-state index contributed by atoms with van der Waals surface area (Å²) in [5, 5.41) is 0. The first kappa shape index (κ1) is 17.4. The molecule has 0 unspecified atom stereocenters. The van der Waals surface area contributed by atoms with Crippen molar-refractivity contribution >= 4 is 11.8 Å². The molecule has 116 valence electrons. The van der Waals surface area contributed by atoms with Crippen LogP contribution in [-0.4, -0.2) is 11.8 Å². The normalized spacial score (nSPS) is 11.3. The molecule has 0 atom stereocenters. The van der Waals surface area contributed by atoms with E-state index in [1.165, 1.54) is 27.8 Å². The molecular formula is C18H27NO2. The van der Waals surface area contributed by atoms with Crippen LogP contribution in [0.4, 0.5) is 4.79 Å². The van der Waals surface area contributed by atoms with Gasteiger partial charge in [0.2, 0.25) is 0 Å². The number of carbonyl (C=O) groups is 1. The molecule has 0 spiro atoms. The maximum absolute atomic E-state index is 11.9. The van der Waals surface area contributed by atoms with Crippen LogP contribution in [0.25, 0.3) is 0 Å². The van der Waals surface area contributed by atoms with Gasteiger partial charge in [-0.1, -0.05) is 0 Å². The third-order valence-corrected chi connectivity index (χ3v) is 4.26. The van der Waals surface area contributed by atoms with E-state index in [-0.39, 0.29) is 0 Å². The van der Waals surface area contributed by atoms with Crippen molar-refractivity contribution in [2.45, 2.75) is 67.9 Å². The fourth-order valence-corrected chi connectivity index (χ4v) is 2.88. The van der Waals surface area contributed by atoms with E-state index in [9.17, 15) is 4.79 Å². The molecule has 1 rings (SSSR count). The van der Waals surface area contributed by atoms with Crippen molar-refractivity contribution in [2.75, 3.05) is 0 Å². The number of benzene rings is 1. The minimum Gasteiger partial charge on any atom is -0.437 e. The lowest BCUT2D eigenvalue weighted by Crippen LogP contribution is -2.27. The lowest BCUT2D eigenvalue weighted by molar-refractivity contribution is 0.0426. The van der Waals surface area contributed by atoms with Gasteiger partial charge in [0.1, 0.15) is 5.60 Å². The zero-order chi connectivity index (χ0) is 16.5. The van der Waals surface area contributed by atoms with Gasteiger partial charge in [-0.15, -0.1) is 0 Å². The maximum Gasteiger partial charge on any atom is 0.434 e. The molecule has 0 radical (unpaired) electrons. The van der Waals surface area contributed by atoms with Gasteiger partial charge in [-0.05, 0) is 90.1 Å². The van der Waals surface area contributed by atoms with E-state index >= 15 is 0 Å². The highest BCUT2D eigenvalue weighted by atomic mass is 16.6. The minimum atomic E-state index is -0.701. The number of hydrogen-bond donors (Lipinski definition) is 0. The molecular weight excluding hydrogens is 262 g/mol. The van der Waals surface area contributed by atoms with E-state index in [0.29, 0.717) is 5.71 Å². The smallest absolute Gasteiger partial charge is 0.434 e. The Morgan fingerprint density at radius 1 is 0.857 bits per heavy atom. The van der Waals surface area contributed by atoms with Crippen LogP contribution in [0.15, 0.2) is 4.99 Å². The van der Waals surface area contributed by atoms with Gasteiger partial charge in [0.25, 0.3) is 0 Å². The molecule has 3 nitrogen and oxygen atoms in total. The van der Waals surface area contributed by atoms with Crippen molar-refractivity contribution in [1.82, 2.24) is 0 Å². The van der Waals surface area contributed by atoms with Crippen molar-refractivity contribution in [1.29, 1.82) is 0 Å². The highest BCUT2D eigenvalue weighted by molar-refractivity contribution is 5.90. The Balaban J connectivity index is 3.39. The first-order valence-corrected chi connectivity index (χ1v) is 7.31. The maximum atomic E-state index is 11.9. The Morgan fingerprint density at radius 2 is 1.24 bits per heavy atom. The predicted octanol–water partition coefficient (Wildman–Crippen LogP) is 5.08. The number of aliphatic imine (C=N–C) groups is 1. The SMILES string of the molecule is CC(C)=NC(=O)OC(C)(C)c1c(C)c(C)c(C)c(C)c1C. The number of hydrogen-bond acceptors (Lipinski definition) is 2. The van der Waals surface area contributed by atoms with Gasteiger partial charge in [-0.25, -0.2) is 4.79 Å². The molecule has 21 heavy (non-hydrogen) atoms. The molecule has 1 amide bonds. The van der Waals surface area contributed by atoms with Crippen molar-refractivity contribution in [3.05, 3.63) is 33.4 Å². The summed E-state index contributed by atoms with van der Waals surface area (Å²) in [5.41, 5.74) is 7.27. The molecule has 0 aliphatic carbocycles. The number of ether oxygens (including phenoxy) is 1. The van der Waals surface area contributed by atoms with Gasteiger partial charge < -0.3 is 4.74 Å². The fraction of sp³-hybridized carbons (Fsp3) is 0.556. The van der Waals surface area contributed by atoms with Crippen molar-refractivity contribution in [3.8, 4) is 0 Å². The lowest BCUT2D eigenvalue weighted by Gasteiger charge is -2.31. The molecule has 0 saturated heterocycles. The first-order valence-electron chi connectivity index (χ1n) is 7.31. The number of carbonyl (C=O) groups excluding carboxylic acids is 1. The highest BCUT2D eigenvalue weighted by Crippen LogP contribution is 2.36. The highest BCUT2D eigenvalue weighted by Gasteiger charge is 2.30. The van der Waals surface area contributed by atoms with E-state index in [2.05, 4.69) is 39.6 Å². The van der Waals surface area contributed by atoms with E-state index in [4.69, 9.17) is 4.74 Å². The molecule has 0 aliphatic rings. The van der Waals surface area contributed by atoms with Crippen molar-refractivity contribution < 1.29 is 9.53 Å². The molecule has 0 aliphatic heterocycles. The van der Waals surface area contributed by atoms with E-state index in [1.807, 2.05) is 13.8 Å². The number of rotatable bonds is 2. The van der Waals surface area contributed by atoms with Crippen LogP contribution in [0, 0.1) is 34.6 Å². The summed E-state index contributed by atoms with van der Waals surface area (Å²) in [5.74, 6) is 0. The van der Waals surface area contributed by atoms with Crippen LogP contribution in [0.2, 0.25) is 0 Å². The minimum absolute atomic E-state index is 0.533. The summed E-state index contributed by atoms with van der Waals surface area (Å²) in [6.45, 7) is 18.0. The second-order valence-corrected chi connectivity index (χ2v) is 6.44. The van der Waals surface area contributed by atoms with Crippen LogP contribution in [0.1, 0.15) is 61.1 Å². The average molecular weight is 289 g/mol. The van der Waals surface area contributed by atoms with E-state index < -0.39 is 11.7 Å². The van der Waals surface area contributed by atoms with Crippen LogP contribution in [0.3, 0.4) is 0 Å². The summed E-state index contributed by atoms with van der Waals surface area (Å²) < 4.78 is 5.62. The van der Waals surface area contributed by atoms with E-state index in [1.54, 1.807) is 13.8 Å². The van der Waals surface area contributed by atoms with Crippen LogP contribution >= 0.6 is 0 Å². The summed E-state index contributed by atoms with van der Waals surface area (Å²) in [4.78, 5) is 15.8. The van der Waals surface area contributed by atoms with Crippen molar-refractivity contribution in [2.24, 2.45) is 4.99 Å². The second-order valence-electron chi connectivity index (χ2n) is 6.44. The van der Waals surface area contributed by atoms with Gasteiger partial charge in [0.05, 0.1) is 0 Å². The Morgan fingerprint density at radius 3 is 1.62 bits per heavy atom. The van der Waals surface area contributed by atoms with E-state index in [0.717, 1.165) is 5.56 Å². The molecule has 1 aromatic rings. The number of nitrogens with zero attached hydrogens (tertiary/aromatic N) is 1. The van der Waals surface area contributed by atoms with Gasteiger partial charge in [0, 0.05) is 11.3 Å². The number of amides is 1. The average Bonchev–Trinajstić information content (AvgIpc) is 2.32. The summed E-state index contributed by atoms with van der Waals surface area (Å²) >= 11 is 0. The molecule has 0 heterocycles. The van der Waals surface area contributed by atoms with Gasteiger partial charge in [-0.3, -0.25) is 0 Å². The zero-order valence-corrected chi connectivity index (χ0v) is 14.8. The third-order valence-electron chi connectivity index (χ3n) is 4.26. The monoisotopic (exact) mass is 289 g/mol. The van der Waals surface area contributed by atoms with Crippen LogP contribution in [-0.2, 0) is 10.3 Å². The summed E-state index contributed by atoms with van der Waals surface area (Å²) in [6, 6.07) is 0. The zero-order valence-electron chi connectivity index (χ0n) is 14.8. The molecule has 0 saturated carbocycles. The Hall–Kier alpha value is -1.64. The third kappa shape index (κ3) is 3.52. The Bertz CT molecular complexity index is 577. The van der Waals surface area contributed by atoms with Gasteiger partial charge in [0.15, 0.2) is 0 Å². The lowest BCUT2D eigenvalue weighted by atomic mass is 9.82. The van der Waals surface area contributed by atoms with Crippen LogP contribution < -0.4 is 0 Å². The Labute approximate surface area is 128 Å². The summed E-state index contributed by atoms with van der Waals surface area (Å²) in [7, 11) is 0. The van der Waals surface area contributed by atoms with Gasteiger partial charge in [-0.2, -0.15) is 4.99 Å². The second kappa shape index (κ2) is 6.00. The molecule has 0 aromatic heterocycles. The largest absolute Gasteiger partial charge is 0.437 e. The molecule has 3 heteroatoms. The van der Waals surface area contributed by atoms with Crippen LogP contribution in [0.5, 0.6) is 0 Å². The molecule has 1 aromatic carbocycles. The molecule has 0 N–H and O–H groups in total. The standard InChI is InChI=1S/C18H27NO2/c1-10(2)19-17(20)21-18(8,9)16-14(6)12(4)11(3)13(5)15(16)7/h1-9H3. The quantitative estimate of drug-likeness (QED) is 0.712. The van der Waals surface area contributed by atoms with Crippen molar-refractivity contribution in [3.63, 3.8) is 0 Å². The summed E-state index contributed by atoms with van der Waals surface area (Å²) in [6.07, 6.45) is -0.533. The topological polar surface area (TPSA) is 38.7 Å². The predicted molar refractivity (Wildman–Crippen MR) is 88.4 cm³/mol. The Kier molecular flexibility index (Phi) is 4.98. The molecule has 0 bridgehead atoms. The fourth-order valence-electron chi connectivity index (χ4n) is 2.88. The van der Waals surface area contributed by atoms with Gasteiger partial charge >= 0.3 is 6.09 Å². The molecule has 0 fully saturated rings.